The molecule has 1 saturated heterocycles. The molecule has 0 atom stereocenters. The molecule has 0 bridgehead atoms. The third-order valence-electron chi connectivity index (χ3n) is 4.75. The Morgan fingerprint density at radius 3 is 2.68 bits per heavy atom. The summed E-state index contributed by atoms with van der Waals surface area (Å²) in [5, 5.41) is 3.89. The van der Waals surface area contributed by atoms with E-state index >= 15 is 0 Å². The number of rotatable bonds is 7. The maximum atomic E-state index is 12.7. The number of aryl methyl sites for hydroxylation is 1. The molecular weight excluding hydrogens is 400 g/mol. The van der Waals surface area contributed by atoms with Gasteiger partial charge in [-0.3, -0.25) is 4.79 Å². The van der Waals surface area contributed by atoms with Gasteiger partial charge in [-0.1, -0.05) is 16.6 Å². The molecule has 2 heterocycles. The summed E-state index contributed by atoms with van der Waals surface area (Å²) in [6.07, 6.45) is 1.49. The number of aromatic nitrogens is 2. The average Bonchev–Trinajstić information content (AvgIpc) is 3.13. The lowest BCUT2D eigenvalue weighted by Crippen LogP contribution is -2.41. The number of hydrogen-bond donors (Lipinski definition) is 1. The SMILES string of the molecule is CCOc1ccccc1S(=O)(=O)NCC1CCN(C(=O)c2snnc2C)CC1. The van der Waals surface area contributed by atoms with Crippen LogP contribution in [0.2, 0.25) is 0 Å². The first kappa shape index (κ1) is 20.7. The lowest BCUT2D eigenvalue weighted by Gasteiger charge is -2.31. The third kappa shape index (κ3) is 4.68. The van der Waals surface area contributed by atoms with Crippen molar-refractivity contribution in [2.24, 2.45) is 5.92 Å². The smallest absolute Gasteiger partial charge is 0.267 e. The van der Waals surface area contributed by atoms with Gasteiger partial charge >= 0.3 is 0 Å². The van der Waals surface area contributed by atoms with E-state index < -0.39 is 10.0 Å². The molecule has 0 radical (unpaired) electrons. The quantitative estimate of drug-likeness (QED) is 0.730. The van der Waals surface area contributed by atoms with Gasteiger partial charge in [0.1, 0.15) is 15.5 Å². The Balaban J connectivity index is 1.55. The number of nitrogens with zero attached hydrogens (tertiary/aromatic N) is 3. The standard InChI is InChI=1S/C18H24N4O4S2/c1-3-26-15-6-4-5-7-16(15)28(24,25)19-12-14-8-10-22(11-9-14)18(23)17-13(2)20-21-27-17/h4-7,14,19H,3,8-12H2,1-2H3. The molecule has 0 aliphatic carbocycles. The molecule has 1 amide bonds. The minimum atomic E-state index is -3.65. The van der Waals surface area contributed by atoms with E-state index in [1.807, 2.05) is 6.92 Å². The highest BCUT2D eigenvalue weighted by atomic mass is 32.2. The van der Waals surface area contributed by atoms with Gasteiger partial charge in [0.2, 0.25) is 10.0 Å². The number of amides is 1. The Morgan fingerprint density at radius 1 is 1.32 bits per heavy atom. The van der Waals surface area contributed by atoms with Crippen LogP contribution in [-0.4, -0.2) is 55.1 Å². The molecule has 3 rings (SSSR count). The summed E-state index contributed by atoms with van der Waals surface area (Å²) >= 11 is 1.11. The zero-order valence-electron chi connectivity index (χ0n) is 15.9. The van der Waals surface area contributed by atoms with Crippen LogP contribution in [0.25, 0.3) is 0 Å². The monoisotopic (exact) mass is 424 g/mol. The minimum absolute atomic E-state index is 0.0443. The first-order valence-electron chi connectivity index (χ1n) is 9.22. The Hall–Kier alpha value is -2.04. The van der Waals surface area contributed by atoms with Crippen molar-refractivity contribution < 1.29 is 17.9 Å². The zero-order valence-corrected chi connectivity index (χ0v) is 17.6. The molecule has 2 aromatic rings. The summed E-state index contributed by atoms with van der Waals surface area (Å²) in [4.78, 5) is 15.0. The zero-order chi connectivity index (χ0) is 20.1. The molecule has 10 heteroatoms. The number of piperidine rings is 1. The summed E-state index contributed by atoms with van der Waals surface area (Å²) in [7, 11) is -3.65. The molecule has 1 aliphatic heterocycles. The molecule has 1 fully saturated rings. The van der Waals surface area contributed by atoms with E-state index in [2.05, 4.69) is 14.3 Å². The van der Waals surface area contributed by atoms with Gasteiger partial charge in [-0.2, -0.15) is 0 Å². The van der Waals surface area contributed by atoms with Gasteiger partial charge in [-0.05, 0) is 56.3 Å². The number of likely N-dealkylation sites (tertiary alicyclic amines) is 1. The lowest BCUT2D eigenvalue weighted by atomic mass is 9.97. The first-order valence-corrected chi connectivity index (χ1v) is 11.5. The summed E-state index contributed by atoms with van der Waals surface area (Å²) in [6, 6.07) is 6.62. The van der Waals surface area contributed by atoms with E-state index in [0.717, 1.165) is 24.4 Å². The number of carbonyl (C=O) groups excluding carboxylic acids is 1. The summed E-state index contributed by atoms with van der Waals surface area (Å²) in [5.41, 5.74) is 0.651. The van der Waals surface area contributed by atoms with Crippen LogP contribution in [0.5, 0.6) is 5.75 Å². The van der Waals surface area contributed by atoms with Crippen LogP contribution in [0.4, 0.5) is 0 Å². The predicted octanol–water partition coefficient (Wildman–Crippen LogP) is 2.08. The number of benzene rings is 1. The first-order chi connectivity index (χ1) is 13.4. The van der Waals surface area contributed by atoms with Gasteiger partial charge in [-0.15, -0.1) is 5.10 Å². The van der Waals surface area contributed by atoms with Crippen molar-refractivity contribution in [3.05, 3.63) is 34.8 Å². The number of hydrogen-bond acceptors (Lipinski definition) is 7. The molecule has 28 heavy (non-hydrogen) atoms. The highest BCUT2D eigenvalue weighted by molar-refractivity contribution is 7.89. The van der Waals surface area contributed by atoms with Crippen molar-refractivity contribution in [1.29, 1.82) is 0 Å². The fourth-order valence-corrected chi connectivity index (χ4v) is 5.05. The van der Waals surface area contributed by atoms with E-state index in [-0.39, 0.29) is 16.7 Å². The maximum absolute atomic E-state index is 12.7. The van der Waals surface area contributed by atoms with Crippen LogP contribution < -0.4 is 9.46 Å². The van der Waals surface area contributed by atoms with Crippen molar-refractivity contribution in [2.75, 3.05) is 26.2 Å². The number of sulfonamides is 1. The van der Waals surface area contributed by atoms with Gasteiger partial charge in [-0.25, -0.2) is 13.1 Å². The Bertz CT molecular complexity index is 921. The highest BCUT2D eigenvalue weighted by Crippen LogP contribution is 2.25. The van der Waals surface area contributed by atoms with Gasteiger partial charge in [0, 0.05) is 19.6 Å². The Labute approximate surface area is 169 Å². The molecule has 1 aliphatic rings. The molecule has 0 unspecified atom stereocenters. The Kier molecular flexibility index (Phi) is 6.63. The molecule has 1 aromatic heterocycles. The number of carbonyl (C=O) groups is 1. The van der Waals surface area contributed by atoms with Gasteiger partial charge in [0.25, 0.3) is 5.91 Å². The lowest BCUT2D eigenvalue weighted by molar-refractivity contribution is 0.0696. The second-order valence-corrected chi connectivity index (χ2v) is 9.14. The normalized spacial score (nSPS) is 15.6. The largest absolute Gasteiger partial charge is 0.492 e. The van der Waals surface area contributed by atoms with Crippen LogP contribution in [0.15, 0.2) is 29.2 Å². The second-order valence-electron chi connectivity index (χ2n) is 6.65. The topological polar surface area (TPSA) is 101 Å². The molecule has 0 spiro atoms. The second kappa shape index (κ2) is 8.97. The predicted molar refractivity (Wildman–Crippen MR) is 106 cm³/mol. The molecular formula is C18H24N4O4S2. The summed E-state index contributed by atoms with van der Waals surface area (Å²) in [6.45, 7) is 5.52. The third-order valence-corrected chi connectivity index (χ3v) is 7.03. The van der Waals surface area contributed by atoms with E-state index in [0.29, 0.717) is 42.6 Å². The van der Waals surface area contributed by atoms with Crippen molar-refractivity contribution in [2.45, 2.75) is 31.6 Å². The van der Waals surface area contributed by atoms with Gasteiger partial charge in [0.15, 0.2) is 0 Å². The van der Waals surface area contributed by atoms with Gasteiger partial charge < -0.3 is 9.64 Å². The summed E-state index contributed by atoms with van der Waals surface area (Å²) in [5.74, 6) is 0.488. The van der Waals surface area contributed by atoms with Crippen molar-refractivity contribution in [1.82, 2.24) is 19.2 Å². The molecule has 8 nitrogen and oxygen atoms in total. The number of para-hydroxylation sites is 1. The van der Waals surface area contributed by atoms with Crippen LogP contribution in [0, 0.1) is 12.8 Å². The van der Waals surface area contributed by atoms with Crippen molar-refractivity contribution in [3.8, 4) is 5.75 Å². The van der Waals surface area contributed by atoms with Crippen LogP contribution in [0.1, 0.15) is 35.1 Å². The van der Waals surface area contributed by atoms with Crippen LogP contribution >= 0.6 is 11.5 Å². The Morgan fingerprint density at radius 2 is 2.04 bits per heavy atom. The maximum Gasteiger partial charge on any atom is 0.267 e. The van der Waals surface area contributed by atoms with E-state index in [9.17, 15) is 13.2 Å². The van der Waals surface area contributed by atoms with E-state index in [1.165, 1.54) is 0 Å². The van der Waals surface area contributed by atoms with Crippen LogP contribution in [-0.2, 0) is 10.0 Å². The van der Waals surface area contributed by atoms with Crippen molar-refractivity contribution >= 4 is 27.5 Å². The molecule has 1 N–H and O–H groups in total. The number of ether oxygens (including phenoxy) is 1. The molecule has 0 saturated carbocycles. The molecule has 1 aromatic carbocycles. The minimum Gasteiger partial charge on any atom is -0.492 e. The highest BCUT2D eigenvalue weighted by Gasteiger charge is 2.27. The average molecular weight is 425 g/mol. The van der Waals surface area contributed by atoms with Crippen LogP contribution in [0.3, 0.4) is 0 Å². The van der Waals surface area contributed by atoms with E-state index in [1.54, 1.807) is 36.1 Å². The fourth-order valence-electron chi connectivity index (χ4n) is 3.16. The van der Waals surface area contributed by atoms with E-state index in [4.69, 9.17) is 4.74 Å². The fraction of sp³-hybridized carbons (Fsp3) is 0.500. The van der Waals surface area contributed by atoms with Crippen molar-refractivity contribution in [3.63, 3.8) is 0 Å². The molecule has 152 valence electrons. The summed E-state index contributed by atoms with van der Waals surface area (Å²) < 4.78 is 37.3. The van der Waals surface area contributed by atoms with Gasteiger partial charge in [0.05, 0.1) is 12.3 Å². The number of nitrogens with one attached hydrogen (secondary N) is 1.